The Kier molecular flexibility index (Phi) is 7.65. The largest absolute Gasteiger partial charge is 0.490 e. The molecule has 3 aromatic rings. The standard InChI is InChI=1S/C25H27N3O3/c1-4-30-24-17-20(15-16-23(24)31-19-25(29)27(2)3)18-26-28(21-11-7-5-8-12-21)22-13-9-6-10-14-22/h5-18H,4,19H2,1-3H3/b26-18-. The molecule has 0 aliphatic rings. The molecule has 3 aromatic carbocycles. The third-order valence-electron chi connectivity index (χ3n) is 4.44. The molecule has 0 bridgehead atoms. The lowest BCUT2D eigenvalue weighted by atomic mass is 10.2. The van der Waals surface area contributed by atoms with Gasteiger partial charge in [0.15, 0.2) is 18.1 Å². The summed E-state index contributed by atoms with van der Waals surface area (Å²) in [5, 5.41) is 6.59. The SMILES string of the molecule is CCOc1cc(/C=N\N(c2ccccc2)c2ccccc2)ccc1OCC(=O)N(C)C. The van der Waals surface area contributed by atoms with Crippen molar-refractivity contribution in [3.63, 3.8) is 0 Å². The van der Waals surface area contributed by atoms with Crippen molar-refractivity contribution in [3.05, 3.63) is 84.4 Å². The van der Waals surface area contributed by atoms with E-state index in [1.807, 2.05) is 84.7 Å². The number of likely N-dealkylation sites (N-methyl/N-ethyl adjacent to an activating group) is 1. The topological polar surface area (TPSA) is 54.4 Å². The van der Waals surface area contributed by atoms with Crippen LogP contribution in [0.15, 0.2) is 84.0 Å². The maximum Gasteiger partial charge on any atom is 0.259 e. The van der Waals surface area contributed by atoms with Crippen molar-refractivity contribution in [3.8, 4) is 11.5 Å². The van der Waals surface area contributed by atoms with E-state index in [-0.39, 0.29) is 12.5 Å². The lowest BCUT2D eigenvalue weighted by Gasteiger charge is -2.19. The molecule has 0 aromatic heterocycles. The molecule has 1 amide bonds. The number of hydrazone groups is 1. The molecular weight excluding hydrogens is 390 g/mol. The number of ether oxygens (including phenoxy) is 2. The second kappa shape index (κ2) is 10.8. The number of rotatable bonds is 9. The Hall–Kier alpha value is -3.80. The number of benzene rings is 3. The third-order valence-corrected chi connectivity index (χ3v) is 4.44. The minimum Gasteiger partial charge on any atom is -0.490 e. The number of amides is 1. The normalized spacial score (nSPS) is 10.7. The second-order valence-electron chi connectivity index (χ2n) is 6.94. The van der Waals surface area contributed by atoms with E-state index in [9.17, 15) is 4.79 Å². The summed E-state index contributed by atoms with van der Waals surface area (Å²) in [6, 6.07) is 25.5. The van der Waals surface area contributed by atoms with Crippen molar-refractivity contribution in [2.75, 3.05) is 32.3 Å². The number of carbonyl (C=O) groups is 1. The predicted molar refractivity (Wildman–Crippen MR) is 124 cm³/mol. The van der Waals surface area contributed by atoms with Crippen LogP contribution in [0.1, 0.15) is 12.5 Å². The van der Waals surface area contributed by atoms with Crippen LogP contribution in [-0.2, 0) is 4.79 Å². The van der Waals surface area contributed by atoms with Gasteiger partial charge >= 0.3 is 0 Å². The van der Waals surface area contributed by atoms with Crippen LogP contribution >= 0.6 is 0 Å². The van der Waals surface area contributed by atoms with Gasteiger partial charge in [0.1, 0.15) is 0 Å². The van der Waals surface area contributed by atoms with E-state index in [2.05, 4.69) is 0 Å². The monoisotopic (exact) mass is 417 g/mol. The van der Waals surface area contributed by atoms with E-state index in [0.717, 1.165) is 16.9 Å². The number of nitrogens with zero attached hydrogens (tertiary/aromatic N) is 3. The summed E-state index contributed by atoms with van der Waals surface area (Å²) in [4.78, 5) is 13.3. The van der Waals surface area contributed by atoms with Gasteiger partial charge in [0.05, 0.1) is 24.2 Å². The molecule has 3 rings (SSSR count). The zero-order valence-corrected chi connectivity index (χ0v) is 18.1. The molecular formula is C25H27N3O3. The third kappa shape index (κ3) is 6.09. The highest BCUT2D eigenvalue weighted by Crippen LogP contribution is 2.29. The Morgan fingerprint density at radius 3 is 2.03 bits per heavy atom. The molecule has 6 nitrogen and oxygen atoms in total. The van der Waals surface area contributed by atoms with E-state index >= 15 is 0 Å². The van der Waals surface area contributed by atoms with Gasteiger partial charge in [-0.05, 0) is 55.0 Å². The number of hydrogen-bond acceptors (Lipinski definition) is 5. The summed E-state index contributed by atoms with van der Waals surface area (Å²) in [5.41, 5.74) is 2.76. The molecule has 160 valence electrons. The average molecular weight is 418 g/mol. The minimum absolute atomic E-state index is 0.0453. The first-order valence-corrected chi connectivity index (χ1v) is 10.1. The van der Waals surface area contributed by atoms with E-state index in [1.54, 1.807) is 26.4 Å². The first-order chi connectivity index (χ1) is 15.1. The first kappa shape index (κ1) is 21.9. The summed E-state index contributed by atoms with van der Waals surface area (Å²) < 4.78 is 11.4. The average Bonchev–Trinajstić information content (AvgIpc) is 2.80. The molecule has 31 heavy (non-hydrogen) atoms. The Labute approximate surface area is 183 Å². The summed E-state index contributed by atoms with van der Waals surface area (Å²) in [7, 11) is 3.39. The Bertz CT molecular complexity index is 966. The maximum absolute atomic E-state index is 11.8. The van der Waals surface area contributed by atoms with E-state index in [4.69, 9.17) is 14.6 Å². The van der Waals surface area contributed by atoms with Gasteiger partial charge in [-0.25, -0.2) is 5.01 Å². The minimum atomic E-state index is -0.116. The highest BCUT2D eigenvalue weighted by Gasteiger charge is 2.11. The molecule has 0 saturated heterocycles. The zero-order valence-electron chi connectivity index (χ0n) is 18.1. The summed E-state index contributed by atoms with van der Waals surface area (Å²) in [6.45, 7) is 2.34. The molecule has 0 aliphatic carbocycles. The predicted octanol–water partition coefficient (Wildman–Crippen LogP) is 4.72. The molecule has 0 aliphatic heterocycles. The van der Waals surface area contributed by atoms with E-state index < -0.39 is 0 Å². The van der Waals surface area contributed by atoms with E-state index in [0.29, 0.717) is 18.1 Å². The molecule has 0 radical (unpaired) electrons. The van der Waals surface area contributed by atoms with Crippen molar-refractivity contribution in [2.45, 2.75) is 6.92 Å². The van der Waals surface area contributed by atoms with Gasteiger partial charge in [0.2, 0.25) is 0 Å². The summed E-state index contributed by atoms with van der Waals surface area (Å²) >= 11 is 0. The van der Waals surface area contributed by atoms with Gasteiger partial charge in [-0.2, -0.15) is 5.10 Å². The highest BCUT2D eigenvalue weighted by atomic mass is 16.5. The molecule has 0 unspecified atom stereocenters. The van der Waals surface area contributed by atoms with Crippen LogP contribution in [0.2, 0.25) is 0 Å². The lowest BCUT2D eigenvalue weighted by Crippen LogP contribution is -2.27. The van der Waals surface area contributed by atoms with Crippen LogP contribution in [0.3, 0.4) is 0 Å². The van der Waals surface area contributed by atoms with Crippen LogP contribution in [0.4, 0.5) is 11.4 Å². The lowest BCUT2D eigenvalue weighted by molar-refractivity contribution is -0.130. The van der Waals surface area contributed by atoms with Crippen molar-refractivity contribution >= 4 is 23.5 Å². The van der Waals surface area contributed by atoms with Crippen LogP contribution in [0, 0.1) is 0 Å². The van der Waals surface area contributed by atoms with Gasteiger partial charge in [0.25, 0.3) is 5.91 Å². The molecule has 0 N–H and O–H groups in total. The fraction of sp³-hybridized carbons (Fsp3) is 0.200. The van der Waals surface area contributed by atoms with Crippen LogP contribution in [0.5, 0.6) is 11.5 Å². The second-order valence-corrected chi connectivity index (χ2v) is 6.94. The van der Waals surface area contributed by atoms with Gasteiger partial charge in [-0.3, -0.25) is 4.79 Å². The van der Waals surface area contributed by atoms with Crippen LogP contribution in [-0.4, -0.2) is 44.3 Å². The quantitative estimate of drug-likeness (QED) is 0.373. The van der Waals surface area contributed by atoms with Crippen molar-refractivity contribution in [2.24, 2.45) is 5.10 Å². The highest BCUT2D eigenvalue weighted by molar-refractivity contribution is 5.83. The molecule has 0 heterocycles. The van der Waals surface area contributed by atoms with Gasteiger partial charge in [-0.15, -0.1) is 0 Å². The fourth-order valence-electron chi connectivity index (χ4n) is 2.81. The number of carbonyl (C=O) groups excluding carboxylic acids is 1. The maximum atomic E-state index is 11.8. The molecule has 6 heteroatoms. The Morgan fingerprint density at radius 1 is 0.871 bits per heavy atom. The number of para-hydroxylation sites is 2. The van der Waals surface area contributed by atoms with Gasteiger partial charge < -0.3 is 14.4 Å². The van der Waals surface area contributed by atoms with Crippen molar-refractivity contribution < 1.29 is 14.3 Å². The van der Waals surface area contributed by atoms with Crippen LogP contribution in [0.25, 0.3) is 0 Å². The molecule has 0 saturated carbocycles. The number of anilines is 2. The summed E-state index contributed by atoms with van der Waals surface area (Å²) in [6.07, 6.45) is 1.78. The van der Waals surface area contributed by atoms with Gasteiger partial charge in [0, 0.05) is 14.1 Å². The first-order valence-electron chi connectivity index (χ1n) is 10.1. The molecule has 0 atom stereocenters. The van der Waals surface area contributed by atoms with Gasteiger partial charge in [-0.1, -0.05) is 36.4 Å². The molecule has 0 fully saturated rings. The van der Waals surface area contributed by atoms with Crippen molar-refractivity contribution in [1.29, 1.82) is 0 Å². The smallest absolute Gasteiger partial charge is 0.259 e. The Balaban J connectivity index is 1.85. The van der Waals surface area contributed by atoms with Crippen molar-refractivity contribution in [1.82, 2.24) is 4.90 Å². The van der Waals surface area contributed by atoms with E-state index in [1.165, 1.54) is 4.90 Å². The Morgan fingerprint density at radius 2 is 1.48 bits per heavy atom. The molecule has 0 spiro atoms. The van der Waals surface area contributed by atoms with Crippen LogP contribution < -0.4 is 14.5 Å². The number of hydrogen-bond donors (Lipinski definition) is 0. The zero-order chi connectivity index (χ0) is 22.1. The fourth-order valence-corrected chi connectivity index (χ4v) is 2.81. The summed E-state index contributed by atoms with van der Waals surface area (Å²) in [5.74, 6) is 0.982.